The lowest BCUT2D eigenvalue weighted by Crippen LogP contribution is -2.12. The summed E-state index contributed by atoms with van der Waals surface area (Å²) in [5.74, 6) is 3.31. The van der Waals surface area contributed by atoms with E-state index < -0.39 is 12.2 Å². The van der Waals surface area contributed by atoms with Crippen LogP contribution in [0.4, 0.5) is 0 Å². The zero-order valence-electron chi connectivity index (χ0n) is 26.1. The third-order valence-corrected chi connectivity index (χ3v) is 8.13. The highest BCUT2D eigenvalue weighted by Crippen LogP contribution is 2.35. The van der Waals surface area contributed by atoms with E-state index in [9.17, 15) is 0 Å². The van der Waals surface area contributed by atoms with Crippen LogP contribution in [0.25, 0.3) is 11.0 Å². The zero-order valence-corrected chi connectivity index (χ0v) is 26.1. The fourth-order valence-corrected chi connectivity index (χ4v) is 5.74. The molecule has 0 amide bonds. The van der Waals surface area contributed by atoms with Crippen molar-refractivity contribution in [2.24, 2.45) is 7.05 Å². The summed E-state index contributed by atoms with van der Waals surface area (Å²) >= 11 is 0. The zero-order chi connectivity index (χ0) is 32.0. The van der Waals surface area contributed by atoms with Gasteiger partial charge >= 0.3 is 0 Å². The number of aryl methyl sites for hydroxylation is 2. The summed E-state index contributed by atoms with van der Waals surface area (Å²) in [5.41, 5.74) is 5.98. The van der Waals surface area contributed by atoms with E-state index >= 15 is 0 Å². The van der Waals surface area contributed by atoms with Crippen LogP contribution in [0.3, 0.4) is 0 Å². The summed E-state index contributed by atoms with van der Waals surface area (Å²) < 4.78 is 15.2. The second kappa shape index (κ2) is 13.6. The summed E-state index contributed by atoms with van der Waals surface area (Å²) in [6.45, 7) is 2.19. The van der Waals surface area contributed by atoms with Crippen LogP contribution in [0.2, 0.25) is 0 Å². The van der Waals surface area contributed by atoms with Crippen LogP contribution in [0.1, 0.15) is 71.7 Å². The average molecular weight is 627 g/mol. The van der Waals surface area contributed by atoms with Crippen LogP contribution in [-0.4, -0.2) is 50.8 Å². The van der Waals surface area contributed by atoms with E-state index in [4.69, 9.17) is 14.5 Å². The van der Waals surface area contributed by atoms with Gasteiger partial charge in [-0.05, 0) is 42.2 Å². The molecule has 4 aromatic carbocycles. The van der Waals surface area contributed by atoms with Crippen LogP contribution in [0.15, 0.2) is 97.1 Å². The number of fused-ring (bicyclic) bond motifs is 1. The first-order chi connectivity index (χ1) is 23.2. The maximum Gasteiger partial charge on any atom is 0.219 e. The summed E-state index contributed by atoms with van der Waals surface area (Å²) in [6.07, 6.45) is 2.67. The van der Waals surface area contributed by atoms with Crippen molar-refractivity contribution in [2.75, 3.05) is 0 Å². The molecule has 0 aliphatic heterocycles. The topological polar surface area (TPSA) is 145 Å². The van der Waals surface area contributed by atoms with E-state index in [0.29, 0.717) is 29.6 Å². The van der Waals surface area contributed by atoms with Gasteiger partial charge in [0.25, 0.3) is 0 Å². The summed E-state index contributed by atoms with van der Waals surface area (Å²) in [7, 11) is 2.08. The molecule has 0 fully saturated rings. The van der Waals surface area contributed by atoms with Gasteiger partial charge in [-0.25, -0.2) is 4.98 Å². The molecule has 0 radical (unpaired) electrons. The molecule has 0 saturated heterocycles. The number of ether oxygens (including phenoxy) is 2. The second-order valence-electron chi connectivity index (χ2n) is 11.3. The number of nitrogens with one attached hydrogen (secondary N) is 2. The first kappa shape index (κ1) is 29.8. The number of unbranched alkanes of at least 4 members (excludes halogenated alkanes) is 1. The Labute approximate surface area is 271 Å². The fourth-order valence-electron chi connectivity index (χ4n) is 5.74. The minimum atomic E-state index is -0.551. The molecule has 2 unspecified atom stereocenters. The van der Waals surface area contributed by atoms with E-state index in [0.717, 1.165) is 58.4 Å². The van der Waals surface area contributed by atoms with E-state index in [2.05, 4.69) is 78.0 Å². The molecule has 12 nitrogen and oxygen atoms in total. The summed E-state index contributed by atoms with van der Waals surface area (Å²) in [6, 6.07) is 32.0. The quantitative estimate of drug-likeness (QED) is 0.160. The number of rotatable bonds is 13. The molecule has 3 aromatic heterocycles. The second-order valence-corrected chi connectivity index (χ2v) is 11.3. The van der Waals surface area contributed by atoms with Crippen LogP contribution < -0.4 is 9.47 Å². The molecule has 7 aromatic rings. The molecule has 0 bridgehead atoms. The van der Waals surface area contributed by atoms with Crippen molar-refractivity contribution in [1.29, 1.82) is 0 Å². The SMILES string of the molecule is CCCCc1nc2c(OC(c3ccccc3)c3nn[nH]n3)ccc(Cc3ccc(OC(c4ccccc4)c4nn[nH]n4)cc3)c2n1C. The van der Waals surface area contributed by atoms with E-state index in [-0.39, 0.29) is 0 Å². The van der Waals surface area contributed by atoms with E-state index in [1.807, 2.05) is 78.9 Å². The number of hydrogen-bond acceptors (Lipinski definition) is 9. The molecule has 236 valence electrons. The fraction of sp³-hybridized carbons (Fsp3) is 0.229. The Morgan fingerprint density at radius 2 is 1.34 bits per heavy atom. The van der Waals surface area contributed by atoms with E-state index in [1.165, 1.54) is 0 Å². The number of H-pyrrole nitrogens is 2. The van der Waals surface area contributed by atoms with Gasteiger partial charge in [0, 0.05) is 24.6 Å². The first-order valence-corrected chi connectivity index (χ1v) is 15.6. The normalized spacial score (nSPS) is 12.6. The average Bonchev–Trinajstić information content (AvgIpc) is 3.91. The van der Waals surface area contributed by atoms with Gasteiger partial charge in [0.1, 0.15) is 22.8 Å². The molecular weight excluding hydrogens is 592 g/mol. The van der Waals surface area contributed by atoms with Gasteiger partial charge in [0.2, 0.25) is 11.6 Å². The van der Waals surface area contributed by atoms with E-state index in [1.54, 1.807) is 0 Å². The Hall–Kier alpha value is -5.91. The number of tetrazole rings is 2. The Morgan fingerprint density at radius 3 is 1.91 bits per heavy atom. The number of aromatic amines is 2. The predicted octanol–water partition coefficient (Wildman–Crippen LogP) is 5.87. The lowest BCUT2D eigenvalue weighted by Gasteiger charge is -2.18. The molecule has 12 heteroatoms. The molecule has 0 saturated carbocycles. The third kappa shape index (κ3) is 6.43. The lowest BCUT2D eigenvalue weighted by atomic mass is 10.0. The number of imidazole rings is 1. The predicted molar refractivity (Wildman–Crippen MR) is 175 cm³/mol. The van der Waals surface area contributed by atoms with Crippen molar-refractivity contribution in [1.82, 2.24) is 50.8 Å². The van der Waals surface area contributed by atoms with Crippen molar-refractivity contribution in [3.63, 3.8) is 0 Å². The smallest absolute Gasteiger partial charge is 0.219 e. The van der Waals surface area contributed by atoms with Crippen molar-refractivity contribution in [2.45, 2.75) is 44.8 Å². The largest absolute Gasteiger partial charge is 0.478 e. The van der Waals surface area contributed by atoms with Gasteiger partial charge in [0.05, 0.1) is 5.52 Å². The maximum atomic E-state index is 6.66. The van der Waals surface area contributed by atoms with Gasteiger partial charge in [-0.15, -0.1) is 20.4 Å². The first-order valence-electron chi connectivity index (χ1n) is 15.6. The number of nitrogens with zero attached hydrogens (tertiary/aromatic N) is 8. The Bertz CT molecular complexity index is 2010. The minimum Gasteiger partial charge on any atom is -0.478 e. The van der Waals surface area contributed by atoms with Crippen molar-refractivity contribution in [3.8, 4) is 11.5 Å². The molecule has 0 aliphatic carbocycles. The maximum absolute atomic E-state index is 6.66. The Morgan fingerprint density at radius 1 is 0.723 bits per heavy atom. The molecule has 2 atom stereocenters. The highest BCUT2D eigenvalue weighted by molar-refractivity contribution is 5.86. The third-order valence-electron chi connectivity index (χ3n) is 8.13. The highest BCUT2D eigenvalue weighted by Gasteiger charge is 2.25. The van der Waals surface area contributed by atoms with Crippen LogP contribution in [0, 0.1) is 0 Å². The Balaban J connectivity index is 1.19. The van der Waals surface area contributed by atoms with Gasteiger partial charge in [0.15, 0.2) is 12.2 Å². The highest BCUT2D eigenvalue weighted by atomic mass is 16.5. The Kier molecular flexibility index (Phi) is 8.62. The van der Waals surface area contributed by atoms with Crippen molar-refractivity contribution >= 4 is 11.0 Å². The molecular formula is C35H34N10O2. The van der Waals surface area contributed by atoms with Crippen LogP contribution >= 0.6 is 0 Å². The summed E-state index contributed by atoms with van der Waals surface area (Å²) in [5, 5.41) is 29.4. The lowest BCUT2D eigenvalue weighted by molar-refractivity contribution is 0.237. The molecule has 47 heavy (non-hydrogen) atoms. The van der Waals surface area contributed by atoms with Crippen molar-refractivity contribution < 1.29 is 9.47 Å². The van der Waals surface area contributed by atoms with Gasteiger partial charge in [-0.2, -0.15) is 10.4 Å². The molecule has 0 spiro atoms. The monoisotopic (exact) mass is 626 g/mol. The van der Waals surface area contributed by atoms with Crippen LogP contribution in [0.5, 0.6) is 11.5 Å². The minimum absolute atomic E-state index is 0.451. The molecule has 2 N–H and O–H groups in total. The molecule has 0 aliphatic rings. The molecule has 3 heterocycles. The van der Waals surface area contributed by atoms with Gasteiger partial charge in [-0.3, -0.25) is 0 Å². The van der Waals surface area contributed by atoms with Gasteiger partial charge < -0.3 is 14.0 Å². The number of aromatic nitrogens is 10. The number of benzene rings is 4. The van der Waals surface area contributed by atoms with Crippen molar-refractivity contribution in [3.05, 3.63) is 137 Å². The standard InChI is InChI=1S/C35H34N10O2/c1-3-4-15-29-36-30-28(47-33(35-39-43-44-40-35)25-13-9-6-10-14-25)21-18-26(31(30)45(29)2)22-23-16-19-27(20-17-23)46-32(34-37-41-42-38-34)24-11-7-5-8-12-24/h5-14,16-21,32-33H,3-4,15,22H2,1-2H3,(H,37,38,41,42)(H,39,40,43,44). The van der Waals surface area contributed by atoms with Crippen LogP contribution in [-0.2, 0) is 19.9 Å². The number of hydrogen-bond donors (Lipinski definition) is 2. The van der Waals surface area contributed by atoms with Gasteiger partial charge in [-0.1, -0.05) is 103 Å². The summed E-state index contributed by atoms with van der Waals surface area (Å²) in [4.78, 5) is 5.11. The molecule has 7 rings (SSSR count).